The minimum atomic E-state index is -0.925. The first-order valence-electron chi connectivity index (χ1n) is 14.8. The third kappa shape index (κ3) is 3.52. The molecule has 206 valence electrons. The lowest BCUT2D eigenvalue weighted by atomic mass is 9.61. The Bertz CT molecular complexity index is 1120. The van der Waals surface area contributed by atoms with Crippen LogP contribution in [0.1, 0.15) is 78.1 Å². The maximum Gasteiger partial charge on any atom is 0.312 e. The number of carbonyl (C=O) groups excluding carboxylic acids is 2. The zero-order valence-corrected chi connectivity index (χ0v) is 23.2. The molecule has 1 N–H and O–H groups in total. The number of fused-ring (bicyclic) bond motifs is 6. The fourth-order valence-corrected chi connectivity index (χ4v) is 9.97. The van der Waals surface area contributed by atoms with Crippen molar-refractivity contribution in [3.8, 4) is 0 Å². The van der Waals surface area contributed by atoms with E-state index in [1.54, 1.807) is 6.92 Å². The maximum atomic E-state index is 14.0. The second-order valence-corrected chi connectivity index (χ2v) is 13.7. The predicted molar refractivity (Wildman–Crippen MR) is 146 cm³/mol. The van der Waals surface area contributed by atoms with E-state index in [0.29, 0.717) is 18.8 Å². The summed E-state index contributed by atoms with van der Waals surface area (Å²) in [5.41, 5.74) is 3.53. The van der Waals surface area contributed by atoms with Gasteiger partial charge in [0.2, 0.25) is 0 Å². The lowest BCUT2D eigenvalue weighted by Gasteiger charge is -2.39. The Labute approximate surface area is 227 Å². The van der Waals surface area contributed by atoms with Gasteiger partial charge in [-0.15, -0.1) is 0 Å². The van der Waals surface area contributed by atoms with Crippen molar-refractivity contribution in [1.82, 2.24) is 0 Å². The summed E-state index contributed by atoms with van der Waals surface area (Å²) in [4.78, 5) is 27.7. The second kappa shape index (κ2) is 8.94. The average molecular weight is 521 g/mol. The molecule has 6 fully saturated rings. The van der Waals surface area contributed by atoms with Crippen molar-refractivity contribution < 1.29 is 24.2 Å². The first kappa shape index (κ1) is 26.1. The highest BCUT2D eigenvalue weighted by molar-refractivity contribution is 5.82. The summed E-state index contributed by atoms with van der Waals surface area (Å²) < 4.78 is 12.6. The maximum absolute atomic E-state index is 14.0. The van der Waals surface area contributed by atoms with Crippen molar-refractivity contribution in [1.29, 1.82) is 0 Å². The van der Waals surface area contributed by atoms with Gasteiger partial charge in [0.05, 0.1) is 17.4 Å². The van der Waals surface area contributed by atoms with Crippen molar-refractivity contribution in [2.75, 3.05) is 0 Å². The summed E-state index contributed by atoms with van der Waals surface area (Å²) >= 11 is 0. The smallest absolute Gasteiger partial charge is 0.312 e. The van der Waals surface area contributed by atoms with E-state index < -0.39 is 17.4 Å². The molecule has 6 aliphatic rings. The van der Waals surface area contributed by atoms with Crippen LogP contribution in [0.5, 0.6) is 0 Å². The Morgan fingerprint density at radius 2 is 1.66 bits per heavy atom. The standard InChI is InChI=1S/C33H44O5/c1-17-9-13-26-28(27-19(3)8-11-22(17)27)37-31(36)33(26,15-21(5)34)16-24-23-12-7-18(2)25-14-10-20(4)32(25,6)29(23)38-30(24)35/h21-29,34H,1-4,7-16H2,5-6H3/t21?,22-,23-,24-,25-,26+,27-,28-,29-,32-,33+/m0/s1. The summed E-state index contributed by atoms with van der Waals surface area (Å²) in [6.07, 6.45) is 6.68. The van der Waals surface area contributed by atoms with Crippen LogP contribution in [0.3, 0.4) is 0 Å². The highest BCUT2D eigenvalue weighted by Gasteiger charge is 2.66. The third-order valence-electron chi connectivity index (χ3n) is 11.9. The van der Waals surface area contributed by atoms with Crippen molar-refractivity contribution in [2.24, 2.45) is 46.3 Å². The SMILES string of the molecule is C=C1CC[C@H]2C(=C)CC[C@@H]3[C@H](OC(=O)[C@]3(CC(C)O)C[C@@H]3C(=O)O[C@H]4[C@H]3CCC(=C)[C@@H]3CCC(=C)[C@@]34C)[C@@H]12. The topological polar surface area (TPSA) is 72.8 Å². The van der Waals surface area contributed by atoms with E-state index in [4.69, 9.17) is 9.47 Å². The fraction of sp³-hybridized carbons (Fsp3) is 0.697. The molecule has 1 unspecified atom stereocenters. The van der Waals surface area contributed by atoms with E-state index in [1.165, 1.54) is 11.1 Å². The largest absolute Gasteiger partial charge is 0.461 e. The molecule has 4 aliphatic carbocycles. The van der Waals surface area contributed by atoms with E-state index in [9.17, 15) is 14.7 Å². The van der Waals surface area contributed by atoms with Crippen molar-refractivity contribution in [3.05, 3.63) is 48.6 Å². The van der Waals surface area contributed by atoms with Gasteiger partial charge < -0.3 is 14.6 Å². The van der Waals surface area contributed by atoms with Crippen LogP contribution in [-0.2, 0) is 19.1 Å². The number of esters is 2. The van der Waals surface area contributed by atoms with Gasteiger partial charge in [0.25, 0.3) is 0 Å². The number of aliphatic hydroxyl groups excluding tert-OH is 1. The Balaban J connectivity index is 1.38. The van der Waals surface area contributed by atoms with Crippen LogP contribution in [0.25, 0.3) is 0 Å². The van der Waals surface area contributed by atoms with Crippen LogP contribution in [0, 0.1) is 46.3 Å². The van der Waals surface area contributed by atoms with Crippen LogP contribution in [0.15, 0.2) is 48.6 Å². The van der Waals surface area contributed by atoms with Gasteiger partial charge in [-0.1, -0.05) is 55.5 Å². The summed E-state index contributed by atoms with van der Waals surface area (Å²) in [5, 5.41) is 10.7. The van der Waals surface area contributed by atoms with Gasteiger partial charge in [-0.2, -0.15) is 0 Å². The van der Waals surface area contributed by atoms with Crippen LogP contribution in [-0.4, -0.2) is 35.4 Å². The summed E-state index contributed by atoms with van der Waals surface area (Å²) in [7, 11) is 0. The number of ether oxygens (including phenoxy) is 2. The molecule has 5 heteroatoms. The van der Waals surface area contributed by atoms with Crippen molar-refractivity contribution >= 4 is 11.9 Å². The molecule has 38 heavy (non-hydrogen) atoms. The number of hydrogen-bond donors (Lipinski definition) is 1. The lowest BCUT2D eigenvalue weighted by molar-refractivity contribution is -0.154. The Morgan fingerprint density at radius 1 is 0.947 bits per heavy atom. The molecular weight excluding hydrogens is 476 g/mol. The molecule has 2 saturated heterocycles. The molecule has 0 aromatic rings. The zero-order chi connectivity index (χ0) is 27.1. The average Bonchev–Trinajstić information content (AvgIpc) is 3.50. The van der Waals surface area contributed by atoms with Crippen molar-refractivity contribution in [2.45, 2.75) is 96.4 Å². The van der Waals surface area contributed by atoms with Gasteiger partial charge in [-0.05, 0) is 83.0 Å². The molecule has 0 radical (unpaired) electrons. The molecule has 0 aromatic carbocycles. The third-order valence-corrected chi connectivity index (χ3v) is 11.9. The molecule has 0 aromatic heterocycles. The van der Waals surface area contributed by atoms with Crippen LogP contribution in [0.4, 0.5) is 0 Å². The molecule has 0 spiro atoms. The normalized spacial score (nSPS) is 47.0. The Morgan fingerprint density at radius 3 is 2.39 bits per heavy atom. The summed E-state index contributed by atoms with van der Waals surface area (Å²) in [6, 6.07) is 0. The fourth-order valence-electron chi connectivity index (χ4n) is 9.97. The predicted octanol–water partition coefficient (Wildman–Crippen LogP) is 6.09. The molecule has 2 aliphatic heterocycles. The molecule has 0 amide bonds. The molecule has 0 bridgehead atoms. The number of allylic oxidation sites excluding steroid dienone is 2. The number of aliphatic hydroxyl groups is 1. The quantitative estimate of drug-likeness (QED) is 0.359. The zero-order valence-electron chi connectivity index (χ0n) is 23.2. The Hall–Kier alpha value is -2.14. The highest BCUT2D eigenvalue weighted by Crippen LogP contribution is 2.63. The highest BCUT2D eigenvalue weighted by atomic mass is 16.6. The van der Waals surface area contributed by atoms with Crippen molar-refractivity contribution in [3.63, 3.8) is 0 Å². The van der Waals surface area contributed by atoms with E-state index >= 15 is 0 Å². The van der Waals surface area contributed by atoms with E-state index in [2.05, 4.69) is 33.2 Å². The first-order valence-corrected chi connectivity index (χ1v) is 14.8. The summed E-state index contributed by atoms with van der Waals surface area (Å²) in [6.45, 7) is 21.6. The molecule has 11 atom stereocenters. The van der Waals surface area contributed by atoms with Gasteiger partial charge in [0, 0.05) is 23.2 Å². The first-order chi connectivity index (χ1) is 18.0. The Kier molecular flexibility index (Phi) is 6.14. The monoisotopic (exact) mass is 520 g/mol. The molecule has 6 rings (SSSR count). The van der Waals surface area contributed by atoms with E-state index in [0.717, 1.165) is 62.5 Å². The number of rotatable bonds is 4. The van der Waals surface area contributed by atoms with Crippen LogP contribution in [0.2, 0.25) is 0 Å². The van der Waals surface area contributed by atoms with Crippen LogP contribution < -0.4 is 0 Å². The van der Waals surface area contributed by atoms with Gasteiger partial charge in [0.1, 0.15) is 12.2 Å². The number of carbonyl (C=O) groups is 2. The molecule has 5 nitrogen and oxygen atoms in total. The molecular formula is C33H44O5. The summed E-state index contributed by atoms with van der Waals surface area (Å²) in [5.74, 6) is -0.275. The number of hydrogen-bond acceptors (Lipinski definition) is 5. The lowest BCUT2D eigenvalue weighted by Crippen LogP contribution is -2.43. The van der Waals surface area contributed by atoms with Gasteiger partial charge >= 0.3 is 11.9 Å². The van der Waals surface area contributed by atoms with E-state index in [-0.39, 0.29) is 53.2 Å². The second-order valence-electron chi connectivity index (χ2n) is 13.7. The van der Waals surface area contributed by atoms with Gasteiger partial charge in [0.15, 0.2) is 0 Å². The van der Waals surface area contributed by atoms with Gasteiger partial charge in [-0.25, -0.2) is 0 Å². The molecule has 4 saturated carbocycles. The molecule has 2 heterocycles. The minimum Gasteiger partial charge on any atom is -0.461 e. The minimum absolute atomic E-state index is 0.00300. The van der Waals surface area contributed by atoms with Gasteiger partial charge in [-0.3, -0.25) is 9.59 Å². The van der Waals surface area contributed by atoms with E-state index in [1.807, 2.05) is 0 Å². The van der Waals surface area contributed by atoms with Crippen LogP contribution >= 0.6 is 0 Å².